The summed E-state index contributed by atoms with van der Waals surface area (Å²) in [4.78, 5) is 39.7. The van der Waals surface area contributed by atoms with Crippen LogP contribution in [0.15, 0.2) is 82.9 Å². The van der Waals surface area contributed by atoms with Crippen molar-refractivity contribution >= 4 is 17.3 Å². The molecule has 0 aromatic carbocycles. The number of carbonyl (C=O) groups is 3. The van der Waals surface area contributed by atoms with Gasteiger partial charge in [-0.15, -0.1) is 0 Å². The fourth-order valence-corrected chi connectivity index (χ4v) is 5.54. The Morgan fingerprint density at radius 2 is 1.53 bits per heavy atom. The molecule has 1 aliphatic heterocycles. The Labute approximate surface area is 210 Å². The number of hydrogen-bond acceptors (Lipinski definition) is 8. The van der Waals surface area contributed by atoms with E-state index in [1.54, 1.807) is 38.2 Å². The Balaban J connectivity index is 2.40. The minimum atomic E-state index is -2.69. The van der Waals surface area contributed by atoms with Crippen LogP contribution in [0.5, 0.6) is 0 Å². The van der Waals surface area contributed by atoms with Gasteiger partial charge < -0.3 is 25.2 Å². The van der Waals surface area contributed by atoms with Gasteiger partial charge in [0, 0.05) is 17.1 Å². The number of aliphatic hydroxyl groups excluding tert-OH is 2. The van der Waals surface area contributed by atoms with Gasteiger partial charge >= 0.3 is 0 Å². The van der Waals surface area contributed by atoms with Gasteiger partial charge in [0.25, 0.3) is 0 Å². The Kier molecular flexibility index (Phi) is 6.78. The predicted octanol–water partition coefficient (Wildman–Crippen LogP) is 3.41. The summed E-state index contributed by atoms with van der Waals surface area (Å²) in [7, 11) is 0. The highest BCUT2D eigenvalue weighted by Crippen LogP contribution is 2.66. The van der Waals surface area contributed by atoms with Crippen LogP contribution in [0.4, 0.5) is 0 Å². The number of hydrogen-bond donors (Lipinski definition) is 4. The average Bonchev–Trinajstić information content (AvgIpc) is 3.00. The molecule has 0 bridgehead atoms. The molecule has 4 N–H and O–H groups in total. The number of allylic oxidation sites excluding steroid dienone is 9. The monoisotopic (exact) mass is 496 g/mol. The lowest BCUT2D eigenvalue weighted by molar-refractivity contribution is -0.311. The molecule has 0 radical (unpaired) electrons. The highest BCUT2D eigenvalue weighted by Gasteiger charge is 2.79. The van der Waals surface area contributed by atoms with E-state index < -0.39 is 62.8 Å². The highest BCUT2D eigenvalue weighted by atomic mass is 16.7. The van der Waals surface area contributed by atoms with Crippen molar-refractivity contribution in [3.8, 4) is 0 Å². The largest absolute Gasteiger partial charge is 0.508 e. The van der Waals surface area contributed by atoms with E-state index in [4.69, 9.17) is 4.74 Å². The normalized spacial score (nSPS) is 38.4. The molecule has 1 heterocycles. The van der Waals surface area contributed by atoms with Crippen LogP contribution in [-0.4, -0.2) is 54.8 Å². The minimum absolute atomic E-state index is 0.119. The zero-order valence-corrected chi connectivity index (χ0v) is 21.2. The van der Waals surface area contributed by atoms with Gasteiger partial charge in [-0.2, -0.15) is 0 Å². The van der Waals surface area contributed by atoms with Crippen molar-refractivity contribution in [2.45, 2.75) is 58.5 Å². The van der Waals surface area contributed by atoms with E-state index in [1.807, 2.05) is 0 Å². The Hall–Kier alpha value is -3.33. The molecule has 0 saturated carbocycles. The molecule has 3 rings (SSSR count). The van der Waals surface area contributed by atoms with Crippen LogP contribution in [0.25, 0.3) is 0 Å². The highest BCUT2D eigenvalue weighted by molar-refractivity contribution is 6.27. The topological polar surface area (TPSA) is 141 Å². The molecule has 1 fully saturated rings. The maximum absolute atomic E-state index is 13.4. The van der Waals surface area contributed by atoms with Gasteiger partial charge in [0.2, 0.25) is 11.6 Å². The average molecular weight is 497 g/mol. The molecule has 0 unspecified atom stereocenters. The summed E-state index contributed by atoms with van der Waals surface area (Å²) in [5.74, 6) is -7.39. The molecule has 0 aromatic rings. The molecule has 0 spiro atoms. The minimum Gasteiger partial charge on any atom is -0.508 e. The smallest absolute Gasteiger partial charge is 0.213 e. The third-order valence-electron chi connectivity index (χ3n) is 7.37. The third-order valence-corrected chi connectivity index (χ3v) is 7.37. The van der Waals surface area contributed by atoms with E-state index in [1.165, 1.54) is 45.1 Å². The van der Waals surface area contributed by atoms with E-state index in [-0.39, 0.29) is 11.1 Å². The lowest BCUT2D eigenvalue weighted by atomic mass is 9.54. The van der Waals surface area contributed by atoms with Gasteiger partial charge in [0.1, 0.15) is 17.1 Å². The van der Waals surface area contributed by atoms with Crippen molar-refractivity contribution in [3.63, 3.8) is 0 Å². The molecule has 2 aliphatic carbocycles. The maximum Gasteiger partial charge on any atom is 0.213 e. The molecule has 3 aliphatic rings. The van der Waals surface area contributed by atoms with Crippen molar-refractivity contribution < 1.29 is 39.5 Å². The fourth-order valence-electron chi connectivity index (χ4n) is 5.54. The van der Waals surface area contributed by atoms with Crippen LogP contribution in [0.1, 0.15) is 41.5 Å². The summed E-state index contributed by atoms with van der Waals surface area (Å²) in [6, 6.07) is 0. The van der Waals surface area contributed by atoms with Gasteiger partial charge in [-0.25, -0.2) is 0 Å². The molecular weight excluding hydrogens is 464 g/mol. The quantitative estimate of drug-likeness (QED) is 0.196. The first-order valence-corrected chi connectivity index (χ1v) is 11.6. The van der Waals surface area contributed by atoms with Gasteiger partial charge in [-0.1, -0.05) is 49.5 Å². The van der Waals surface area contributed by atoms with Gasteiger partial charge in [-0.05, 0) is 46.8 Å². The number of rotatable bonds is 5. The number of ether oxygens (including phenoxy) is 1. The Morgan fingerprint density at radius 3 is 2.08 bits per heavy atom. The second-order valence-electron chi connectivity index (χ2n) is 9.76. The molecule has 1 saturated heterocycles. The SMILES string of the molecule is C/C=C/C=C/C(=O)C1=C[C@@]2(C)[C@H]3\C(=C(O)/C=C/C=C/C)C(O)=C(C)C(=O)[C@@]3(C)O[C@@]2(O)[C@@](C)(O)C1=O. The number of ketones is 3. The second kappa shape index (κ2) is 8.96. The standard InChI is InChI=1S/C28H32O8/c1-7-9-11-13-18(29)17-15-25(4)22-20(19(30)14-12-10-8-2)21(31)16(3)23(32)26(22,5)36-28(25,35)27(6,34)24(17)33/h7-15,22,30-31,34-35H,1-6H3/b9-7+,10-8+,13-11+,14-12+,20-19+/t22-,25+,26+,27+,28-/m1/s1. The molecule has 36 heavy (non-hydrogen) atoms. The number of Topliss-reactive ketones (excluding diaryl/α,β-unsaturated/α-hetero) is 2. The van der Waals surface area contributed by atoms with Crippen LogP contribution in [-0.2, 0) is 19.1 Å². The fraction of sp³-hybridized carbons (Fsp3) is 0.393. The molecule has 8 nitrogen and oxygen atoms in total. The van der Waals surface area contributed by atoms with E-state index in [0.717, 1.165) is 13.0 Å². The predicted molar refractivity (Wildman–Crippen MR) is 133 cm³/mol. The van der Waals surface area contributed by atoms with Crippen LogP contribution in [0.3, 0.4) is 0 Å². The third kappa shape index (κ3) is 3.51. The van der Waals surface area contributed by atoms with E-state index >= 15 is 0 Å². The zero-order valence-electron chi connectivity index (χ0n) is 21.2. The lowest BCUT2D eigenvalue weighted by Gasteiger charge is -2.49. The Morgan fingerprint density at radius 1 is 0.972 bits per heavy atom. The number of fused-ring (bicyclic) bond motifs is 3. The van der Waals surface area contributed by atoms with Crippen LogP contribution in [0.2, 0.25) is 0 Å². The first kappa shape index (κ1) is 27.3. The van der Waals surface area contributed by atoms with Crippen molar-refractivity contribution in [2.24, 2.45) is 11.3 Å². The van der Waals surface area contributed by atoms with Gasteiger partial charge in [0.15, 0.2) is 17.2 Å². The first-order valence-electron chi connectivity index (χ1n) is 11.6. The van der Waals surface area contributed by atoms with Crippen LogP contribution in [0, 0.1) is 11.3 Å². The molecule has 8 heteroatoms. The van der Waals surface area contributed by atoms with Crippen molar-refractivity contribution in [1.29, 1.82) is 0 Å². The molecule has 0 aromatic heterocycles. The zero-order chi connectivity index (χ0) is 27.3. The summed E-state index contributed by atoms with van der Waals surface area (Å²) >= 11 is 0. The van der Waals surface area contributed by atoms with E-state index in [2.05, 4.69) is 0 Å². The molecule has 5 atom stereocenters. The van der Waals surface area contributed by atoms with Gasteiger partial charge in [0.05, 0.1) is 11.0 Å². The van der Waals surface area contributed by atoms with Crippen LogP contribution < -0.4 is 0 Å². The van der Waals surface area contributed by atoms with Crippen LogP contribution >= 0.6 is 0 Å². The van der Waals surface area contributed by atoms with E-state index in [0.29, 0.717) is 0 Å². The molecule has 0 amide bonds. The summed E-state index contributed by atoms with van der Waals surface area (Å²) in [6.07, 6.45) is 13.2. The number of carbonyl (C=O) groups excluding carboxylic acids is 3. The summed E-state index contributed by atoms with van der Waals surface area (Å²) in [6.45, 7) is 8.66. The molecular formula is C28H32O8. The summed E-state index contributed by atoms with van der Waals surface area (Å²) in [5.41, 5.74) is -7.03. The molecule has 192 valence electrons. The maximum atomic E-state index is 13.4. The van der Waals surface area contributed by atoms with Gasteiger partial charge in [-0.3, -0.25) is 14.4 Å². The van der Waals surface area contributed by atoms with E-state index in [9.17, 15) is 34.8 Å². The van der Waals surface area contributed by atoms with Crippen molar-refractivity contribution in [2.75, 3.05) is 0 Å². The Bertz CT molecular complexity index is 1240. The summed E-state index contributed by atoms with van der Waals surface area (Å²) in [5, 5.41) is 45.2. The number of aliphatic hydroxyl groups is 4. The summed E-state index contributed by atoms with van der Waals surface area (Å²) < 4.78 is 5.92. The first-order chi connectivity index (χ1) is 16.7. The van der Waals surface area contributed by atoms with Crippen molar-refractivity contribution in [1.82, 2.24) is 0 Å². The lowest BCUT2D eigenvalue weighted by Crippen LogP contribution is -2.67. The second-order valence-corrected chi connectivity index (χ2v) is 9.76. The van der Waals surface area contributed by atoms with Crippen molar-refractivity contribution in [3.05, 3.63) is 82.9 Å².